The van der Waals surface area contributed by atoms with E-state index in [0.29, 0.717) is 0 Å². The van der Waals surface area contributed by atoms with Crippen LogP contribution in [-0.2, 0) is 11.8 Å². The number of hydrogen-bond acceptors (Lipinski definition) is 3. The normalized spacial score (nSPS) is 18.2. The number of nitriles is 1. The average Bonchev–Trinajstić information content (AvgIpc) is 2.48. The third-order valence-corrected chi connectivity index (χ3v) is 4.58. The summed E-state index contributed by atoms with van der Waals surface area (Å²) in [4.78, 5) is 5.80. The van der Waals surface area contributed by atoms with Gasteiger partial charge in [-0.05, 0) is 39.0 Å². The lowest BCUT2D eigenvalue weighted by Gasteiger charge is -2.34. The van der Waals surface area contributed by atoms with Gasteiger partial charge in [0, 0.05) is 4.88 Å². The number of thiazole rings is 1. The number of rotatable bonds is 3. The summed E-state index contributed by atoms with van der Waals surface area (Å²) in [5.41, 5.74) is 0.915. The van der Waals surface area contributed by atoms with Gasteiger partial charge >= 0.3 is 0 Å². The summed E-state index contributed by atoms with van der Waals surface area (Å²) >= 11 is 1.76. The standard InChI is InChI=1S/C12H16N2S/c1-3-5-10-14-9(2)11(15-10)12(8-13)6-4-7-12/h3-7H2,1-2H3. The molecule has 1 fully saturated rings. The lowest BCUT2D eigenvalue weighted by atomic mass is 9.68. The second-order valence-electron chi connectivity index (χ2n) is 4.32. The zero-order valence-electron chi connectivity index (χ0n) is 9.34. The van der Waals surface area contributed by atoms with E-state index in [1.807, 2.05) is 6.92 Å². The van der Waals surface area contributed by atoms with Gasteiger partial charge in [0.1, 0.15) is 0 Å². The van der Waals surface area contributed by atoms with E-state index < -0.39 is 0 Å². The molecule has 2 rings (SSSR count). The van der Waals surface area contributed by atoms with Gasteiger partial charge in [-0.15, -0.1) is 11.3 Å². The molecule has 0 bridgehead atoms. The molecule has 0 spiro atoms. The molecular weight excluding hydrogens is 204 g/mol. The molecule has 1 saturated carbocycles. The molecule has 0 N–H and O–H groups in total. The van der Waals surface area contributed by atoms with E-state index in [-0.39, 0.29) is 5.41 Å². The maximum absolute atomic E-state index is 9.28. The molecule has 15 heavy (non-hydrogen) atoms. The van der Waals surface area contributed by atoms with E-state index in [1.165, 1.54) is 16.3 Å². The molecule has 1 aliphatic carbocycles. The highest BCUT2D eigenvalue weighted by Gasteiger charge is 2.41. The molecule has 1 aromatic heterocycles. The van der Waals surface area contributed by atoms with Gasteiger partial charge in [0.2, 0.25) is 0 Å². The van der Waals surface area contributed by atoms with Gasteiger partial charge in [-0.1, -0.05) is 6.92 Å². The lowest BCUT2D eigenvalue weighted by molar-refractivity contribution is 0.328. The summed E-state index contributed by atoms with van der Waals surface area (Å²) < 4.78 is 0. The van der Waals surface area contributed by atoms with Gasteiger partial charge in [-0.2, -0.15) is 5.26 Å². The highest BCUT2D eigenvalue weighted by atomic mass is 32.1. The zero-order chi connectivity index (χ0) is 10.9. The van der Waals surface area contributed by atoms with Crippen molar-refractivity contribution in [3.63, 3.8) is 0 Å². The molecular formula is C12H16N2S. The Balaban J connectivity index is 2.32. The van der Waals surface area contributed by atoms with Crippen LogP contribution < -0.4 is 0 Å². The first-order chi connectivity index (χ1) is 7.22. The minimum absolute atomic E-state index is 0.173. The van der Waals surface area contributed by atoms with Crippen molar-refractivity contribution >= 4 is 11.3 Å². The fourth-order valence-electron chi connectivity index (χ4n) is 2.14. The highest BCUT2D eigenvalue weighted by molar-refractivity contribution is 7.12. The molecule has 1 aliphatic rings. The van der Waals surface area contributed by atoms with Crippen LogP contribution in [0.2, 0.25) is 0 Å². The second-order valence-corrected chi connectivity index (χ2v) is 5.40. The molecule has 0 aliphatic heterocycles. The SMILES string of the molecule is CCCc1nc(C)c(C2(C#N)CCC2)s1. The quantitative estimate of drug-likeness (QED) is 0.783. The third-order valence-electron chi connectivity index (χ3n) is 3.16. The molecule has 0 atom stereocenters. The van der Waals surface area contributed by atoms with Crippen LogP contribution in [0.3, 0.4) is 0 Å². The largest absolute Gasteiger partial charge is 0.246 e. The van der Waals surface area contributed by atoms with Gasteiger partial charge in [0.25, 0.3) is 0 Å². The van der Waals surface area contributed by atoms with Crippen LogP contribution in [0.4, 0.5) is 0 Å². The smallest absolute Gasteiger partial charge is 0.0933 e. The molecule has 0 radical (unpaired) electrons. The summed E-state index contributed by atoms with van der Waals surface area (Å²) in [5, 5.41) is 10.5. The number of nitrogens with zero attached hydrogens (tertiary/aromatic N) is 2. The van der Waals surface area contributed by atoms with E-state index in [1.54, 1.807) is 11.3 Å². The van der Waals surface area contributed by atoms with Crippen molar-refractivity contribution < 1.29 is 0 Å². The van der Waals surface area contributed by atoms with Crippen LogP contribution in [0.15, 0.2) is 0 Å². The van der Waals surface area contributed by atoms with Crippen molar-refractivity contribution in [1.82, 2.24) is 4.98 Å². The van der Waals surface area contributed by atoms with Gasteiger partial charge in [0.15, 0.2) is 0 Å². The minimum Gasteiger partial charge on any atom is -0.246 e. The van der Waals surface area contributed by atoms with Crippen molar-refractivity contribution in [1.29, 1.82) is 5.26 Å². The summed E-state index contributed by atoms with van der Waals surface area (Å²) in [6, 6.07) is 2.50. The van der Waals surface area contributed by atoms with Crippen molar-refractivity contribution in [2.75, 3.05) is 0 Å². The van der Waals surface area contributed by atoms with Crippen molar-refractivity contribution in [3.05, 3.63) is 15.6 Å². The van der Waals surface area contributed by atoms with E-state index in [2.05, 4.69) is 18.0 Å². The Morgan fingerprint density at radius 3 is 2.73 bits per heavy atom. The molecule has 0 amide bonds. The fourth-order valence-corrected chi connectivity index (χ4v) is 3.50. The molecule has 2 nitrogen and oxygen atoms in total. The number of aryl methyl sites for hydroxylation is 2. The number of aromatic nitrogens is 1. The van der Waals surface area contributed by atoms with Crippen molar-refractivity contribution in [3.8, 4) is 6.07 Å². The minimum atomic E-state index is -0.173. The summed E-state index contributed by atoms with van der Waals surface area (Å²) in [6.07, 6.45) is 5.42. The zero-order valence-corrected chi connectivity index (χ0v) is 10.2. The maximum Gasteiger partial charge on any atom is 0.0933 e. The van der Waals surface area contributed by atoms with E-state index in [0.717, 1.165) is 31.4 Å². The average molecular weight is 220 g/mol. The molecule has 0 saturated heterocycles. The van der Waals surface area contributed by atoms with Crippen LogP contribution >= 0.6 is 11.3 Å². The van der Waals surface area contributed by atoms with Gasteiger partial charge < -0.3 is 0 Å². The first-order valence-corrected chi connectivity index (χ1v) is 6.41. The lowest BCUT2D eigenvalue weighted by Crippen LogP contribution is -2.32. The van der Waals surface area contributed by atoms with Gasteiger partial charge in [0.05, 0.1) is 22.2 Å². The highest BCUT2D eigenvalue weighted by Crippen LogP contribution is 2.46. The Kier molecular flexibility index (Phi) is 2.79. The van der Waals surface area contributed by atoms with Crippen LogP contribution in [0, 0.1) is 18.3 Å². The monoisotopic (exact) mass is 220 g/mol. The summed E-state index contributed by atoms with van der Waals surface area (Å²) in [6.45, 7) is 4.21. The first kappa shape index (κ1) is 10.6. The van der Waals surface area contributed by atoms with Crippen LogP contribution in [0.1, 0.15) is 48.2 Å². The van der Waals surface area contributed by atoms with Crippen LogP contribution in [0.5, 0.6) is 0 Å². The summed E-state index contributed by atoms with van der Waals surface area (Å²) in [5.74, 6) is 0. The fraction of sp³-hybridized carbons (Fsp3) is 0.667. The second kappa shape index (κ2) is 3.94. The molecule has 3 heteroatoms. The Morgan fingerprint density at radius 2 is 2.27 bits per heavy atom. The van der Waals surface area contributed by atoms with Crippen molar-refractivity contribution in [2.45, 2.75) is 51.4 Å². The molecule has 80 valence electrons. The Labute approximate surface area is 95.0 Å². The predicted octanol–water partition coefficient (Wildman–Crippen LogP) is 3.35. The predicted molar refractivity (Wildman–Crippen MR) is 62.0 cm³/mol. The van der Waals surface area contributed by atoms with Crippen LogP contribution in [-0.4, -0.2) is 4.98 Å². The van der Waals surface area contributed by atoms with Crippen LogP contribution in [0.25, 0.3) is 0 Å². The van der Waals surface area contributed by atoms with E-state index >= 15 is 0 Å². The molecule has 0 unspecified atom stereocenters. The third kappa shape index (κ3) is 1.68. The first-order valence-electron chi connectivity index (χ1n) is 5.60. The van der Waals surface area contributed by atoms with E-state index in [9.17, 15) is 5.26 Å². The van der Waals surface area contributed by atoms with Crippen molar-refractivity contribution in [2.24, 2.45) is 0 Å². The molecule has 1 aromatic rings. The van der Waals surface area contributed by atoms with Gasteiger partial charge in [-0.3, -0.25) is 0 Å². The number of hydrogen-bond donors (Lipinski definition) is 0. The Morgan fingerprint density at radius 1 is 1.53 bits per heavy atom. The molecule has 1 heterocycles. The summed E-state index contributed by atoms with van der Waals surface area (Å²) in [7, 11) is 0. The molecule has 0 aromatic carbocycles. The van der Waals surface area contributed by atoms with Gasteiger partial charge in [-0.25, -0.2) is 4.98 Å². The Hall–Kier alpha value is -0.880. The van der Waals surface area contributed by atoms with E-state index in [4.69, 9.17) is 0 Å². The topological polar surface area (TPSA) is 36.7 Å². The Bertz CT molecular complexity index is 396. The maximum atomic E-state index is 9.28.